The van der Waals surface area contributed by atoms with Crippen molar-refractivity contribution in [3.8, 4) is 11.1 Å². The molecule has 1 N–H and O–H groups in total. The molecule has 1 heterocycles. The fourth-order valence-corrected chi connectivity index (χ4v) is 2.71. The number of hydrogen-bond acceptors (Lipinski definition) is 3. The van der Waals surface area contributed by atoms with Crippen molar-refractivity contribution in [1.29, 1.82) is 0 Å². The summed E-state index contributed by atoms with van der Waals surface area (Å²) in [5.74, 6) is 0. The van der Waals surface area contributed by atoms with Gasteiger partial charge in [0.2, 0.25) is 5.09 Å². The summed E-state index contributed by atoms with van der Waals surface area (Å²) in [5.41, 5.74) is 1.32. The van der Waals surface area contributed by atoms with Gasteiger partial charge in [-0.05, 0) is 30.8 Å². The third kappa shape index (κ3) is 2.43. The van der Waals surface area contributed by atoms with E-state index in [2.05, 4.69) is 20.7 Å². The summed E-state index contributed by atoms with van der Waals surface area (Å²) in [4.78, 5) is 0. The van der Waals surface area contributed by atoms with Gasteiger partial charge in [0.25, 0.3) is 10.0 Å². The second-order valence-electron chi connectivity index (χ2n) is 3.34. The maximum atomic E-state index is 11.7. The molecule has 1 aromatic heterocycles. The number of halogens is 1. The molecule has 0 spiro atoms. The molecule has 0 saturated carbocycles. The molecule has 0 saturated heterocycles. The molecule has 4 nitrogen and oxygen atoms in total. The van der Waals surface area contributed by atoms with E-state index in [0.717, 1.165) is 10.0 Å². The van der Waals surface area contributed by atoms with E-state index < -0.39 is 10.0 Å². The Morgan fingerprint density at radius 2 is 2.06 bits per heavy atom. The van der Waals surface area contributed by atoms with Crippen LogP contribution in [0.3, 0.4) is 0 Å². The van der Waals surface area contributed by atoms with Gasteiger partial charge in [0.15, 0.2) is 0 Å². The number of furan rings is 1. The van der Waals surface area contributed by atoms with Crippen molar-refractivity contribution in [3.05, 3.63) is 41.1 Å². The van der Waals surface area contributed by atoms with Crippen LogP contribution in [0.1, 0.15) is 0 Å². The monoisotopic (exact) mass is 315 g/mol. The quantitative estimate of drug-likeness (QED) is 0.947. The Labute approximate surface area is 108 Å². The van der Waals surface area contributed by atoms with Crippen LogP contribution in [0.25, 0.3) is 11.1 Å². The maximum Gasteiger partial charge on any atom is 0.274 e. The molecular weight excluding hydrogens is 306 g/mol. The van der Waals surface area contributed by atoms with Crippen molar-refractivity contribution in [2.24, 2.45) is 0 Å². The van der Waals surface area contributed by atoms with Gasteiger partial charge in [0.05, 0.1) is 6.26 Å². The molecule has 0 aliphatic rings. The minimum atomic E-state index is -3.58. The standard InChI is InChI=1S/C11H10BrNO3S/c1-13-17(14,15)11-10(5-6-16-11)8-3-2-4-9(12)7-8/h2-7,13H,1H3. The largest absolute Gasteiger partial charge is 0.451 e. The van der Waals surface area contributed by atoms with Crippen LogP contribution in [-0.4, -0.2) is 15.5 Å². The molecule has 0 aliphatic heterocycles. The van der Waals surface area contributed by atoms with Crippen LogP contribution in [0, 0.1) is 0 Å². The van der Waals surface area contributed by atoms with Gasteiger partial charge >= 0.3 is 0 Å². The van der Waals surface area contributed by atoms with Gasteiger partial charge in [-0.25, -0.2) is 13.1 Å². The number of sulfonamides is 1. The van der Waals surface area contributed by atoms with Gasteiger partial charge in [-0.2, -0.15) is 0 Å². The first-order chi connectivity index (χ1) is 8.04. The van der Waals surface area contributed by atoms with E-state index in [1.165, 1.54) is 13.3 Å². The second-order valence-corrected chi connectivity index (χ2v) is 6.04. The first kappa shape index (κ1) is 12.3. The zero-order valence-corrected chi connectivity index (χ0v) is 11.4. The summed E-state index contributed by atoms with van der Waals surface area (Å²) in [5, 5.41) is -0.0712. The Hall–Kier alpha value is -1.11. The van der Waals surface area contributed by atoms with E-state index in [4.69, 9.17) is 4.42 Å². The van der Waals surface area contributed by atoms with Crippen molar-refractivity contribution >= 4 is 26.0 Å². The summed E-state index contributed by atoms with van der Waals surface area (Å²) in [6.07, 6.45) is 1.36. The number of benzene rings is 1. The lowest BCUT2D eigenvalue weighted by molar-refractivity contribution is 0.449. The summed E-state index contributed by atoms with van der Waals surface area (Å²) in [6.45, 7) is 0. The number of hydrogen-bond donors (Lipinski definition) is 1. The molecule has 0 fully saturated rings. The van der Waals surface area contributed by atoms with Crippen LogP contribution in [0.4, 0.5) is 0 Å². The maximum absolute atomic E-state index is 11.7. The molecule has 0 radical (unpaired) electrons. The minimum Gasteiger partial charge on any atom is -0.451 e. The predicted molar refractivity (Wildman–Crippen MR) is 68.1 cm³/mol. The van der Waals surface area contributed by atoms with Crippen molar-refractivity contribution in [1.82, 2.24) is 4.72 Å². The van der Waals surface area contributed by atoms with E-state index >= 15 is 0 Å². The highest BCUT2D eigenvalue weighted by atomic mass is 79.9. The average Bonchev–Trinajstić information content (AvgIpc) is 2.78. The van der Waals surface area contributed by atoms with Crippen LogP contribution in [0.15, 0.2) is 50.6 Å². The summed E-state index contributed by atoms with van der Waals surface area (Å²) in [7, 11) is -2.23. The Morgan fingerprint density at radius 1 is 1.29 bits per heavy atom. The van der Waals surface area contributed by atoms with Crippen LogP contribution < -0.4 is 4.72 Å². The smallest absolute Gasteiger partial charge is 0.274 e. The molecule has 2 rings (SSSR count). The average molecular weight is 316 g/mol. The highest BCUT2D eigenvalue weighted by molar-refractivity contribution is 9.10. The van der Waals surface area contributed by atoms with Crippen LogP contribution >= 0.6 is 15.9 Å². The lowest BCUT2D eigenvalue weighted by atomic mass is 10.1. The first-order valence-corrected chi connectivity index (χ1v) is 7.09. The summed E-state index contributed by atoms with van der Waals surface area (Å²) < 4.78 is 31.6. The Morgan fingerprint density at radius 3 is 2.71 bits per heavy atom. The fraction of sp³-hybridized carbons (Fsp3) is 0.0909. The normalized spacial score (nSPS) is 11.6. The molecular formula is C11H10BrNO3S. The molecule has 0 unspecified atom stereocenters. The van der Waals surface area contributed by atoms with Gasteiger partial charge < -0.3 is 4.42 Å². The molecule has 0 amide bonds. The van der Waals surface area contributed by atoms with Crippen molar-refractivity contribution < 1.29 is 12.8 Å². The van der Waals surface area contributed by atoms with Gasteiger partial charge in [-0.15, -0.1) is 0 Å². The topological polar surface area (TPSA) is 59.3 Å². The van der Waals surface area contributed by atoms with Crippen molar-refractivity contribution in [3.63, 3.8) is 0 Å². The number of nitrogens with one attached hydrogen (secondary N) is 1. The molecule has 1 aromatic carbocycles. The van der Waals surface area contributed by atoms with Crippen LogP contribution in [0.2, 0.25) is 0 Å². The fourth-order valence-electron chi connectivity index (χ4n) is 1.47. The zero-order chi connectivity index (χ0) is 12.5. The Balaban J connectivity index is 2.59. The van der Waals surface area contributed by atoms with E-state index in [0.29, 0.717) is 5.56 Å². The van der Waals surface area contributed by atoms with Gasteiger partial charge in [-0.1, -0.05) is 28.1 Å². The molecule has 90 valence electrons. The molecule has 6 heteroatoms. The molecule has 0 atom stereocenters. The third-order valence-electron chi connectivity index (χ3n) is 2.28. The second kappa shape index (κ2) is 4.64. The van der Waals surface area contributed by atoms with Gasteiger partial charge in [0.1, 0.15) is 0 Å². The molecule has 0 bridgehead atoms. The molecule has 0 aliphatic carbocycles. The van der Waals surface area contributed by atoms with Crippen molar-refractivity contribution in [2.45, 2.75) is 5.09 Å². The SMILES string of the molecule is CNS(=O)(=O)c1occc1-c1cccc(Br)c1. The van der Waals surface area contributed by atoms with E-state index in [1.54, 1.807) is 6.07 Å². The highest BCUT2D eigenvalue weighted by Crippen LogP contribution is 2.29. The predicted octanol–water partition coefficient (Wildman–Crippen LogP) is 2.62. The van der Waals surface area contributed by atoms with Gasteiger partial charge in [-0.3, -0.25) is 0 Å². The summed E-state index contributed by atoms with van der Waals surface area (Å²) in [6, 6.07) is 8.99. The lowest BCUT2D eigenvalue weighted by Gasteiger charge is -2.03. The Kier molecular flexibility index (Phi) is 3.37. The summed E-state index contributed by atoms with van der Waals surface area (Å²) >= 11 is 3.34. The van der Waals surface area contributed by atoms with Gasteiger partial charge in [0, 0.05) is 10.0 Å². The van der Waals surface area contributed by atoms with Crippen LogP contribution in [0.5, 0.6) is 0 Å². The molecule has 2 aromatic rings. The third-order valence-corrected chi connectivity index (χ3v) is 4.11. The van der Waals surface area contributed by atoms with E-state index in [-0.39, 0.29) is 5.09 Å². The molecule has 17 heavy (non-hydrogen) atoms. The first-order valence-electron chi connectivity index (χ1n) is 4.81. The number of rotatable bonds is 3. The Bertz CT molecular complexity index is 634. The van der Waals surface area contributed by atoms with Crippen molar-refractivity contribution in [2.75, 3.05) is 7.05 Å². The highest BCUT2D eigenvalue weighted by Gasteiger charge is 2.21. The van der Waals surface area contributed by atoms with Crippen LogP contribution in [-0.2, 0) is 10.0 Å². The van der Waals surface area contributed by atoms with E-state index in [9.17, 15) is 8.42 Å². The lowest BCUT2D eigenvalue weighted by Crippen LogP contribution is -2.18. The van der Waals surface area contributed by atoms with E-state index in [1.807, 2.05) is 24.3 Å². The minimum absolute atomic E-state index is 0.0712. The zero-order valence-electron chi connectivity index (χ0n) is 8.98.